The third-order valence-electron chi connectivity index (χ3n) is 6.41. The van der Waals surface area contributed by atoms with Crippen LogP contribution in [-0.4, -0.2) is 39.1 Å². The molecule has 0 saturated carbocycles. The lowest BCUT2D eigenvalue weighted by Gasteiger charge is -2.33. The minimum atomic E-state index is -0.639. The number of allylic oxidation sites excluding steroid dienone is 1. The van der Waals surface area contributed by atoms with Crippen LogP contribution in [0.2, 0.25) is 10.0 Å². The van der Waals surface area contributed by atoms with Crippen LogP contribution in [0.1, 0.15) is 36.9 Å². The van der Waals surface area contributed by atoms with Gasteiger partial charge in [0.1, 0.15) is 24.5 Å². The van der Waals surface area contributed by atoms with Gasteiger partial charge in [-0.1, -0.05) is 59.6 Å². The molecule has 1 aromatic heterocycles. The van der Waals surface area contributed by atoms with E-state index in [1.165, 1.54) is 0 Å². The molecular weight excluding hydrogens is 487 g/mol. The van der Waals surface area contributed by atoms with Gasteiger partial charge in [-0.3, -0.25) is 4.79 Å². The molecule has 1 amide bonds. The van der Waals surface area contributed by atoms with E-state index < -0.39 is 18.1 Å². The number of rotatable bonds is 5. The highest BCUT2D eigenvalue weighted by atomic mass is 35.5. The minimum absolute atomic E-state index is 0.171. The molecule has 1 saturated heterocycles. The number of hydrogen-bond acceptors (Lipinski definition) is 5. The maximum atomic E-state index is 14.0. The zero-order valence-corrected chi connectivity index (χ0v) is 20.6. The van der Waals surface area contributed by atoms with Gasteiger partial charge >= 0.3 is 5.97 Å². The summed E-state index contributed by atoms with van der Waals surface area (Å²) >= 11 is 12.5. The second-order valence-electron chi connectivity index (χ2n) is 8.65. The number of ether oxygens (including phenoxy) is 1. The molecule has 9 heteroatoms. The number of nitrogens with zero attached hydrogens (tertiary/aromatic N) is 3. The number of aromatic nitrogens is 2. The van der Waals surface area contributed by atoms with Crippen molar-refractivity contribution >= 4 is 40.9 Å². The average Bonchev–Trinajstić information content (AvgIpc) is 3.53. The van der Waals surface area contributed by atoms with E-state index in [1.54, 1.807) is 27.9 Å². The lowest BCUT2D eigenvalue weighted by atomic mass is 9.94. The van der Waals surface area contributed by atoms with E-state index in [-0.39, 0.29) is 12.5 Å². The standard InChI is InChI=1S/C26H24Cl2N4O3/c1-16-23(24(32-22(30-16)11-12-29-32)18-9-10-19(27)20(28)14-18)25(33)31-13-5-8-21(31)26(34)35-15-17-6-3-2-4-7-17/h2-4,6-7,9-12,14,21,24,30H,5,8,13,15H2,1H3. The van der Waals surface area contributed by atoms with Gasteiger partial charge < -0.3 is 15.0 Å². The number of esters is 1. The molecule has 0 radical (unpaired) electrons. The van der Waals surface area contributed by atoms with Crippen LogP contribution < -0.4 is 5.32 Å². The SMILES string of the molecule is CC1=C(C(=O)N2CCCC2C(=O)OCc2ccccc2)C(c2ccc(Cl)c(Cl)c2)n2nccc2N1. The van der Waals surface area contributed by atoms with Crippen LogP contribution in [0.3, 0.4) is 0 Å². The molecule has 5 rings (SSSR count). The maximum absolute atomic E-state index is 14.0. The number of carbonyl (C=O) groups excluding carboxylic acids is 2. The third-order valence-corrected chi connectivity index (χ3v) is 7.15. The number of likely N-dealkylation sites (tertiary alicyclic amines) is 1. The summed E-state index contributed by atoms with van der Waals surface area (Å²) in [7, 11) is 0. The molecule has 3 aromatic rings. The molecule has 35 heavy (non-hydrogen) atoms. The van der Waals surface area contributed by atoms with E-state index in [9.17, 15) is 9.59 Å². The highest BCUT2D eigenvalue weighted by molar-refractivity contribution is 6.42. The predicted octanol–water partition coefficient (Wildman–Crippen LogP) is 5.21. The largest absolute Gasteiger partial charge is 0.459 e. The molecule has 0 spiro atoms. The first kappa shape index (κ1) is 23.5. The fourth-order valence-electron chi connectivity index (χ4n) is 4.71. The summed E-state index contributed by atoms with van der Waals surface area (Å²) in [6, 6.07) is 15.5. The Kier molecular flexibility index (Phi) is 6.54. The predicted molar refractivity (Wildman–Crippen MR) is 134 cm³/mol. The quantitative estimate of drug-likeness (QED) is 0.476. The van der Waals surface area contributed by atoms with Crippen molar-refractivity contribution in [2.24, 2.45) is 0 Å². The number of carbonyl (C=O) groups is 2. The lowest BCUT2D eigenvalue weighted by molar-refractivity contribution is -0.153. The first-order chi connectivity index (χ1) is 16.9. The highest BCUT2D eigenvalue weighted by Gasteiger charge is 2.41. The Morgan fingerprint density at radius 2 is 1.91 bits per heavy atom. The number of fused-ring (bicyclic) bond motifs is 1. The smallest absolute Gasteiger partial charge is 0.329 e. The third kappa shape index (κ3) is 4.54. The van der Waals surface area contributed by atoms with Gasteiger partial charge in [-0.25, -0.2) is 9.48 Å². The number of nitrogens with one attached hydrogen (secondary N) is 1. The zero-order valence-electron chi connectivity index (χ0n) is 19.1. The van der Waals surface area contributed by atoms with Gasteiger partial charge in [0.05, 0.1) is 21.8 Å². The van der Waals surface area contributed by atoms with E-state index in [0.29, 0.717) is 34.3 Å². The fourth-order valence-corrected chi connectivity index (χ4v) is 5.01. The van der Waals surface area contributed by atoms with Crippen molar-refractivity contribution in [3.63, 3.8) is 0 Å². The second-order valence-corrected chi connectivity index (χ2v) is 9.47. The van der Waals surface area contributed by atoms with Crippen molar-refractivity contribution < 1.29 is 14.3 Å². The Morgan fingerprint density at radius 1 is 1.11 bits per heavy atom. The lowest BCUT2D eigenvalue weighted by Crippen LogP contribution is -2.44. The van der Waals surface area contributed by atoms with Crippen molar-refractivity contribution in [3.05, 3.63) is 93.2 Å². The summed E-state index contributed by atoms with van der Waals surface area (Å²) in [6.07, 6.45) is 2.96. The van der Waals surface area contributed by atoms with Gasteiger partial charge in [-0.05, 0) is 43.0 Å². The van der Waals surface area contributed by atoms with Gasteiger partial charge in [0.2, 0.25) is 0 Å². The van der Waals surface area contributed by atoms with Crippen LogP contribution >= 0.6 is 23.2 Å². The van der Waals surface area contributed by atoms with Crippen molar-refractivity contribution in [1.82, 2.24) is 14.7 Å². The van der Waals surface area contributed by atoms with Crippen LogP contribution in [0.4, 0.5) is 5.82 Å². The molecule has 1 fully saturated rings. The summed E-state index contributed by atoms with van der Waals surface area (Å²) in [5.74, 6) is 0.134. The Hall–Kier alpha value is -3.29. The molecule has 1 N–H and O–H groups in total. The summed E-state index contributed by atoms with van der Waals surface area (Å²) < 4.78 is 7.33. The fraction of sp³-hybridized carbons (Fsp3) is 0.269. The number of amides is 1. The van der Waals surface area contributed by atoms with Crippen LogP contribution in [0.5, 0.6) is 0 Å². The van der Waals surface area contributed by atoms with E-state index in [2.05, 4.69) is 10.4 Å². The molecule has 2 unspecified atom stereocenters. The van der Waals surface area contributed by atoms with Crippen molar-refractivity contribution in [3.8, 4) is 0 Å². The monoisotopic (exact) mass is 510 g/mol. The normalized spacial score (nSPS) is 19.3. The van der Waals surface area contributed by atoms with Gasteiger partial charge in [0.25, 0.3) is 5.91 Å². The number of anilines is 1. The highest BCUT2D eigenvalue weighted by Crippen LogP contribution is 2.39. The van der Waals surface area contributed by atoms with Crippen LogP contribution in [0, 0.1) is 0 Å². The van der Waals surface area contributed by atoms with Gasteiger partial charge in [-0.2, -0.15) is 5.10 Å². The Bertz CT molecular complexity index is 1300. The molecule has 2 aliphatic heterocycles. The summed E-state index contributed by atoms with van der Waals surface area (Å²) in [5.41, 5.74) is 2.87. The summed E-state index contributed by atoms with van der Waals surface area (Å²) in [5, 5.41) is 8.55. The van der Waals surface area contributed by atoms with E-state index in [4.69, 9.17) is 27.9 Å². The van der Waals surface area contributed by atoms with E-state index in [0.717, 1.165) is 23.4 Å². The first-order valence-corrected chi connectivity index (χ1v) is 12.2. The average molecular weight is 511 g/mol. The number of benzene rings is 2. The summed E-state index contributed by atoms with van der Waals surface area (Å²) in [4.78, 5) is 28.6. The first-order valence-electron chi connectivity index (χ1n) is 11.4. The van der Waals surface area contributed by atoms with Gasteiger partial charge in [-0.15, -0.1) is 0 Å². The zero-order chi connectivity index (χ0) is 24.5. The molecule has 180 valence electrons. The van der Waals surface area contributed by atoms with E-state index >= 15 is 0 Å². The second kappa shape index (κ2) is 9.76. The maximum Gasteiger partial charge on any atom is 0.329 e. The molecule has 2 aromatic carbocycles. The molecule has 2 aliphatic rings. The van der Waals surface area contributed by atoms with E-state index in [1.807, 2.05) is 49.4 Å². The summed E-state index contributed by atoms with van der Waals surface area (Å²) in [6.45, 7) is 2.50. The molecule has 0 aliphatic carbocycles. The van der Waals surface area contributed by atoms with Crippen molar-refractivity contribution in [1.29, 1.82) is 0 Å². The molecular formula is C26H24Cl2N4O3. The number of halogens is 2. The topological polar surface area (TPSA) is 76.5 Å². The van der Waals surface area contributed by atoms with Crippen LogP contribution in [0.25, 0.3) is 0 Å². The van der Waals surface area contributed by atoms with Crippen LogP contribution in [-0.2, 0) is 20.9 Å². The van der Waals surface area contributed by atoms with Gasteiger partial charge in [0, 0.05) is 18.3 Å². The van der Waals surface area contributed by atoms with Crippen LogP contribution in [0.15, 0.2) is 72.1 Å². The van der Waals surface area contributed by atoms with Crippen molar-refractivity contribution in [2.45, 2.75) is 38.5 Å². The molecule has 2 atom stereocenters. The minimum Gasteiger partial charge on any atom is -0.459 e. The van der Waals surface area contributed by atoms with Crippen molar-refractivity contribution in [2.75, 3.05) is 11.9 Å². The Morgan fingerprint density at radius 3 is 2.69 bits per heavy atom. The molecule has 7 nitrogen and oxygen atoms in total. The Labute approximate surface area is 213 Å². The number of hydrogen-bond donors (Lipinski definition) is 1. The van der Waals surface area contributed by atoms with Gasteiger partial charge in [0.15, 0.2) is 0 Å². The molecule has 0 bridgehead atoms. The molecule has 3 heterocycles. The Balaban J connectivity index is 1.44.